The van der Waals surface area contributed by atoms with Crippen molar-refractivity contribution in [1.82, 2.24) is 20.4 Å². The van der Waals surface area contributed by atoms with Crippen molar-refractivity contribution in [3.8, 4) is 28.6 Å². The van der Waals surface area contributed by atoms with Crippen LogP contribution >= 0.6 is 0 Å². The second kappa shape index (κ2) is 12.4. The van der Waals surface area contributed by atoms with Gasteiger partial charge < -0.3 is 24.8 Å². The molecular weight excluding hydrogens is 448 g/mol. The van der Waals surface area contributed by atoms with Gasteiger partial charge in [0.25, 0.3) is 5.89 Å². The maximum atomic E-state index is 11.1. The molecule has 35 heavy (non-hydrogen) atoms. The third kappa shape index (κ3) is 6.64. The average Bonchev–Trinajstić information content (AvgIpc) is 3.37. The predicted octanol–water partition coefficient (Wildman–Crippen LogP) is 3.42. The van der Waals surface area contributed by atoms with E-state index in [1.54, 1.807) is 6.20 Å². The van der Waals surface area contributed by atoms with Crippen LogP contribution in [0.25, 0.3) is 22.8 Å². The minimum Gasteiger partial charge on any atom is -0.490 e. The molecule has 0 bridgehead atoms. The van der Waals surface area contributed by atoms with E-state index in [-0.39, 0.29) is 13.2 Å². The number of amides is 1. The van der Waals surface area contributed by atoms with E-state index in [1.165, 1.54) is 0 Å². The lowest BCUT2D eigenvalue weighted by Crippen LogP contribution is -2.36. The smallest absolute Gasteiger partial charge is 0.258 e. The highest BCUT2D eigenvalue weighted by molar-refractivity contribution is 5.76. The summed E-state index contributed by atoms with van der Waals surface area (Å²) in [4.78, 5) is 20.3. The number of benzene rings is 1. The molecule has 188 valence electrons. The molecule has 0 radical (unpaired) electrons. The van der Waals surface area contributed by atoms with Gasteiger partial charge in [0.05, 0.1) is 0 Å². The van der Waals surface area contributed by atoms with Crippen LogP contribution in [0.3, 0.4) is 0 Å². The van der Waals surface area contributed by atoms with Crippen molar-refractivity contribution in [2.24, 2.45) is 0 Å². The van der Waals surface area contributed by atoms with E-state index >= 15 is 0 Å². The van der Waals surface area contributed by atoms with Crippen molar-refractivity contribution in [2.45, 2.75) is 59.0 Å². The van der Waals surface area contributed by atoms with Gasteiger partial charge in [-0.05, 0) is 61.6 Å². The number of aryl methyl sites for hydroxylation is 2. The van der Waals surface area contributed by atoms with E-state index in [4.69, 9.17) is 14.4 Å². The van der Waals surface area contributed by atoms with Crippen molar-refractivity contribution in [1.29, 1.82) is 0 Å². The molecule has 2 aromatic heterocycles. The first-order valence-electron chi connectivity index (χ1n) is 12.0. The third-order valence-electron chi connectivity index (χ3n) is 5.95. The molecule has 0 aliphatic carbocycles. The van der Waals surface area contributed by atoms with E-state index in [9.17, 15) is 9.90 Å². The summed E-state index contributed by atoms with van der Waals surface area (Å²) < 4.78 is 11.5. The van der Waals surface area contributed by atoms with Crippen LogP contribution in [0, 0.1) is 6.92 Å². The zero-order chi connectivity index (χ0) is 25.4. The number of aliphatic hydroxyl groups is 2. The van der Waals surface area contributed by atoms with Crippen LogP contribution in [0.5, 0.6) is 5.75 Å². The van der Waals surface area contributed by atoms with Gasteiger partial charge in [0.15, 0.2) is 0 Å². The van der Waals surface area contributed by atoms with Crippen molar-refractivity contribution in [3.63, 3.8) is 0 Å². The molecule has 1 amide bonds. The molecule has 1 atom stereocenters. The van der Waals surface area contributed by atoms with E-state index in [1.807, 2.05) is 38.1 Å². The van der Waals surface area contributed by atoms with Crippen molar-refractivity contribution in [3.05, 3.63) is 47.3 Å². The highest BCUT2D eigenvalue weighted by Gasteiger charge is 2.17. The van der Waals surface area contributed by atoms with Gasteiger partial charge in [-0.25, -0.2) is 0 Å². The van der Waals surface area contributed by atoms with Crippen molar-refractivity contribution in [2.75, 3.05) is 19.8 Å². The number of carbonyl (C=O) groups excluding carboxylic acids is 1. The van der Waals surface area contributed by atoms with Gasteiger partial charge in [-0.3, -0.25) is 9.78 Å². The number of ether oxygens (including phenoxy) is 1. The first-order chi connectivity index (χ1) is 16.9. The molecule has 0 unspecified atom stereocenters. The van der Waals surface area contributed by atoms with Gasteiger partial charge in [-0.15, -0.1) is 0 Å². The summed E-state index contributed by atoms with van der Waals surface area (Å²) in [6.45, 7) is 7.63. The van der Waals surface area contributed by atoms with Crippen molar-refractivity contribution < 1.29 is 24.3 Å². The summed E-state index contributed by atoms with van der Waals surface area (Å²) in [5.41, 5.74) is 4.49. The predicted molar refractivity (Wildman–Crippen MR) is 132 cm³/mol. The van der Waals surface area contributed by atoms with E-state index < -0.39 is 18.6 Å². The molecule has 2 heterocycles. The number of aromatic nitrogens is 3. The number of nitrogens with one attached hydrogen (secondary N) is 1. The largest absolute Gasteiger partial charge is 0.490 e. The second-order valence-corrected chi connectivity index (χ2v) is 8.47. The summed E-state index contributed by atoms with van der Waals surface area (Å²) >= 11 is 0. The van der Waals surface area contributed by atoms with Crippen molar-refractivity contribution >= 4 is 5.91 Å². The number of hydrogen-bond acceptors (Lipinski definition) is 8. The van der Waals surface area contributed by atoms with E-state index in [0.29, 0.717) is 29.8 Å². The Kier molecular flexibility index (Phi) is 9.33. The first-order valence-corrected chi connectivity index (χ1v) is 12.0. The molecule has 0 fully saturated rings. The summed E-state index contributed by atoms with van der Waals surface area (Å²) in [5, 5.41) is 25.5. The van der Waals surface area contributed by atoms with Crippen LogP contribution in [0.1, 0.15) is 56.4 Å². The maximum Gasteiger partial charge on any atom is 0.258 e. The Bertz CT molecular complexity index is 1130. The summed E-state index contributed by atoms with van der Waals surface area (Å²) in [6, 6.07) is 7.77. The normalized spacial score (nSPS) is 12.1. The second-order valence-electron chi connectivity index (χ2n) is 8.47. The quantitative estimate of drug-likeness (QED) is 0.358. The molecule has 0 spiro atoms. The fourth-order valence-corrected chi connectivity index (χ4v) is 3.94. The van der Waals surface area contributed by atoms with Crippen LogP contribution in [0.15, 0.2) is 35.0 Å². The lowest BCUT2D eigenvalue weighted by molar-refractivity contribution is -0.124. The van der Waals surface area contributed by atoms with E-state index in [0.717, 1.165) is 40.8 Å². The summed E-state index contributed by atoms with van der Waals surface area (Å²) in [7, 11) is 0. The number of aliphatic hydroxyl groups excluding tert-OH is 2. The van der Waals surface area contributed by atoms with Gasteiger partial charge in [-0.1, -0.05) is 25.9 Å². The lowest BCUT2D eigenvalue weighted by Gasteiger charge is -2.17. The maximum absolute atomic E-state index is 11.1. The summed E-state index contributed by atoms with van der Waals surface area (Å²) in [6.07, 6.45) is 3.62. The Balaban J connectivity index is 1.78. The molecule has 0 aliphatic rings. The lowest BCUT2D eigenvalue weighted by atomic mass is 9.98. The Hall–Kier alpha value is -3.30. The number of nitrogens with zero attached hydrogens (tertiary/aromatic N) is 3. The molecule has 3 rings (SSSR count). The van der Waals surface area contributed by atoms with Crippen LogP contribution in [-0.2, 0) is 11.2 Å². The van der Waals surface area contributed by atoms with Crippen LogP contribution < -0.4 is 10.1 Å². The minimum absolute atomic E-state index is 0.00238. The molecule has 0 aliphatic heterocycles. The molecule has 0 saturated heterocycles. The highest BCUT2D eigenvalue weighted by Crippen LogP contribution is 2.32. The topological polar surface area (TPSA) is 131 Å². The Morgan fingerprint density at radius 1 is 1.17 bits per heavy atom. The third-order valence-corrected chi connectivity index (χ3v) is 5.95. The van der Waals surface area contributed by atoms with Crippen LogP contribution in [-0.4, -0.2) is 57.1 Å². The molecule has 3 aromatic rings. The molecule has 1 aromatic carbocycles. The van der Waals surface area contributed by atoms with Crippen LogP contribution in [0.2, 0.25) is 0 Å². The number of carbonyl (C=O) groups is 1. The molecule has 9 nitrogen and oxygen atoms in total. The summed E-state index contributed by atoms with van der Waals surface area (Å²) in [5.74, 6) is 1.45. The van der Waals surface area contributed by atoms with E-state index in [2.05, 4.69) is 34.3 Å². The Morgan fingerprint density at radius 3 is 2.63 bits per heavy atom. The van der Waals surface area contributed by atoms with Gasteiger partial charge in [0.1, 0.15) is 25.1 Å². The number of pyridine rings is 1. The monoisotopic (exact) mass is 482 g/mol. The SMILES string of the molecule is CCc1cc(-c2noc(-c3ccnc(C(CC)CC)c3)n2)cc(C)c1OC[C@@H](O)CNC(=O)CO. The average molecular weight is 483 g/mol. The fraction of sp³-hybridized carbons (Fsp3) is 0.462. The molecule has 3 N–H and O–H groups in total. The standard InChI is InChI=1S/C26H34N4O5/c1-5-17(6-2)22-12-19(8-9-27-22)26-29-25(30-35-26)20-10-16(4)24(18(7-3)11-20)34-15-21(32)13-28-23(33)14-31/h8-12,17,21,31-32H,5-7,13-15H2,1-4H3,(H,28,33)/t21-/m0/s1. The number of hydrogen-bond donors (Lipinski definition) is 3. The highest BCUT2D eigenvalue weighted by atomic mass is 16.5. The van der Waals surface area contributed by atoms with Gasteiger partial charge in [0.2, 0.25) is 11.7 Å². The number of rotatable bonds is 12. The van der Waals surface area contributed by atoms with Gasteiger partial charge in [0, 0.05) is 35.5 Å². The fourth-order valence-electron chi connectivity index (χ4n) is 3.94. The Morgan fingerprint density at radius 2 is 1.94 bits per heavy atom. The van der Waals surface area contributed by atoms with Gasteiger partial charge in [-0.2, -0.15) is 4.98 Å². The first kappa shape index (κ1) is 26.3. The Labute approximate surface area is 205 Å². The minimum atomic E-state index is -0.903. The molecular formula is C26H34N4O5. The molecule has 9 heteroatoms. The zero-order valence-corrected chi connectivity index (χ0v) is 20.7. The zero-order valence-electron chi connectivity index (χ0n) is 20.7. The van der Waals surface area contributed by atoms with Gasteiger partial charge >= 0.3 is 0 Å². The van der Waals surface area contributed by atoms with Crippen LogP contribution in [0.4, 0.5) is 0 Å². The molecule has 0 saturated carbocycles.